The van der Waals surface area contributed by atoms with Crippen LogP contribution >= 0.6 is 0 Å². The second kappa shape index (κ2) is 9.73. The summed E-state index contributed by atoms with van der Waals surface area (Å²) in [4.78, 5) is 0. The third kappa shape index (κ3) is 5.58. The number of hydrogen-bond donors (Lipinski definition) is 0. The fourth-order valence-electron chi connectivity index (χ4n) is 4.43. The molecule has 0 bridgehead atoms. The molecule has 28 heavy (non-hydrogen) atoms. The topological polar surface area (TPSA) is 0 Å². The molecule has 0 aliphatic carbocycles. The molecule has 0 fully saturated rings. The normalized spacial score (nSPS) is 13.8. The predicted molar refractivity (Wildman–Crippen MR) is 122 cm³/mol. The van der Waals surface area contributed by atoms with Gasteiger partial charge < -0.3 is 0 Å². The summed E-state index contributed by atoms with van der Waals surface area (Å²) in [5.74, 6) is 1.24. The summed E-state index contributed by atoms with van der Waals surface area (Å²) in [6.45, 7) is 7.23. The van der Waals surface area contributed by atoms with E-state index < -0.39 is 0 Å². The molecular weight excluding hydrogens is 336 g/mol. The molecule has 0 amide bonds. The largest absolute Gasteiger partial charge is 0.0622 e. The molecule has 0 aliphatic heterocycles. The highest BCUT2D eigenvalue weighted by molar-refractivity contribution is 5.25. The first-order chi connectivity index (χ1) is 13.6. The molecule has 0 aromatic heterocycles. The van der Waals surface area contributed by atoms with Gasteiger partial charge in [0.1, 0.15) is 0 Å². The monoisotopic (exact) mass is 370 g/mol. The smallest absolute Gasteiger partial charge is 0.0101 e. The average Bonchev–Trinajstić information content (AvgIpc) is 2.74. The maximum absolute atomic E-state index is 2.42. The molecule has 2 unspecified atom stereocenters. The van der Waals surface area contributed by atoms with Gasteiger partial charge >= 0.3 is 0 Å². The average molecular weight is 371 g/mol. The summed E-state index contributed by atoms with van der Waals surface area (Å²) >= 11 is 0. The van der Waals surface area contributed by atoms with Gasteiger partial charge in [-0.25, -0.2) is 0 Å². The van der Waals surface area contributed by atoms with Crippen LogP contribution < -0.4 is 0 Å². The van der Waals surface area contributed by atoms with Gasteiger partial charge in [0.25, 0.3) is 0 Å². The van der Waals surface area contributed by atoms with Crippen molar-refractivity contribution < 1.29 is 0 Å². The van der Waals surface area contributed by atoms with Crippen LogP contribution in [0.5, 0.6) is 0 Å². The molecule has 0 N–H and O–H groups in total. The molecule has 3 aromatic rings. The van der Waals surface area contributed by atoms with E-state index in [0.717, 1.165) is 0 Å². The Labute approximate surface area is 171 Å². The first-order valence-corrected chi connectivity index (χ1v) is 10.7. The highest BCUT2D eigenvalue weighted by Crippen LogP contribution is 2.39. The predicted octanol–water partition coefficient (Wildman–Crippen LogP) is 7.80. The quantitative estimate of drug-likeness (QED) is 0.360. The highest BCUT2D eigenvalue weighted by atomic mass is 14.3. The standard InChI is InChI=1S/C28H34/c1-23(25-17-9-5-10-18-25)26(19-13-16-24-14-7-4-8-15-24)22-28(2,3)27-20-11-6-12-21-27/h4-12,14-15,17-18,20-21,23,26H,13,16,19,22H2,1-3H3. The van der Waals surface area contributed by atoms with Crippen molar-refractivity contribution in [2.45, 2.75) is 57.8 Å². The summed E-state index contributed by atoms with van der Waals surface area (Å²) in [7, 11) is 0. The van der Waals surface area contributed by atoms with Crippen LogP contribution in [0.4, 0.5) is 0 Å². The maximum Gasteiger partial charge on any atom is -0.0101 e. The van der Waals surface area contributed by atoms with Crippen molar-refractivity contribution in [1.29, 1.82) is 0 Å². The van der Waals surface area contributed by atoms with Crippen molar-refractivity contribution in [2.24, 2.45) is 5.92 Å². The fourth-order valence-corrected chi connectivity index (χ4v) is 4.43. The Bertz CT molecular complexity index is 802. The number of benzene rings is 3. The molecule has 2 atom stereocenters. The zero-order valence-corrected chi connectivity index (χ0v) is 17.6. The lowest BCUT2D eigenvalue weighted by Gasteiger charge is -2.34. The summed E-state index contributed by atoms with van der Waals surface area (Å²) < 4.78 is 0. The van der Waals surface area contributed by atoms with Crippen LogP contribution in [0.2, 0.25) is 0 Å². The molecular formula is C28H34. The van der Waals surface area contributed by atoms with E-state index in [1.807, 2.05) is 0 Å². The Morgan fingerprint density at radius 2 is 1.25 bits per heavy atom. The van der Waals surface area contributed by atoms with Crippen LogP contribution in [0.1, 0.15) is 62.6 Å². The van der Waals surface area contributed by atoms with Crippen molar-refractivity contribution in [3.8, 4) is 0 Å². The van der Waals surface area contributed by atoms with Crippen LogP contribution in [0.15, 0.2) is 91.0 Å². The number of aryl methyl sites for hydroxylation is 1. The first-order valence-electron chi connectivity index (χ1n) is 10.7. The van der Waals surface area contributed by atoms with Gasteiger partial charge in [0.05, 0.1) is 0 Å². The maximum atomic E-state index is 2.42. The molecule has 0 saturated carbocycles. The van der Waals surface area contributed by atoms with Crippen LogP contribution in [-0.4, -0.2) is 0 Å². The van der Waals surface area contributed by atoms with E-state index in [1.54, 1.807) is 0 Å². The van der Waals surface area contributed by atoms with Crippen molar-refractivity contribution in [3.05, 3.63) is 108 Å². The molecule has 0 spiro atoms. The van der Waals surface area contributed by atoms with E-state index in [-0.39, 0.29) is 5.41 Å². The van der Waals surface area contributed by atoms with Crippen molar-refractivity contribution in [3.63, 3.8) is 0 Å². The SMILES string of the molecule is CC(c1ccccc1)C(CCCc1ccccc1)CC(C)(C)c1ccccc1. The van der Waals surface area contributed by atoms with Gasteiger partial charge in [0.15, 0.2) is 0 Å². The Kier molecular flexibility index (Phi) is 7.09. The third-order valence-corrected chi connectivity index (χ3v) is 6.24. The van der Waals surface area contributed by atoms with E-state index in [2.05, 4.69) is 112 Å². The molecule has 0 nitrogen and oxygen atoms in total. The number of rotatable bonds is 9. The fraction of sp³-hybridized carbons (Fsp3) is 0.357. The van der Waals surface area contributed by atoms with Gasteiger partial charge in [-0.2, -0.15) is 0 Å². The third-order valence-electron chi connectivity index (χ3n) is 6.24. The van der Waals surface area contributed by atoms with E-state index in [9.17, 15) is 0 Å². The minimum atomic E-state index is 0.182. The molecule has 0 heteroatoms. The molecule has 3 rings (SSSR count). The van der Waals surface area contributed by atoms with Crippen LogP contribution in [0.25, 0.3) is 0 Å². The van der Waals surface area contributed by atoms with E-state index >= 15 is 0 Å². The second-order valence-corrected chi connectivity index (χ2v) is 8.79. The molecule has 0 aliphatic rings. The van der Waals surface area contributed by atoms with E-state index in [0.29, 0.717) is 11.8 Å². The summed E-state index contributed by atoms with van der Waals surface area (Å²) in [5, 5.41) is 0. The van der Waals surface area contributed by atoms with E-state index in [4.69, 9.17) is 0 Å². The molecule has 146 valence electrons. The van der Waals surface area contributed by atoms with Gasteiger partial charge in [0, 0.05) is 0 Å². The van der Waals surface area contributed by atoms with Crippen LogP contribution in [0.3, 0.4) is 0 Å². The summed E-state index contributed by atoms with van der Waals surface area (Å²) in [6.07, 6.45) is 4.89. The zero-order valence-electron chi connectivity index (χ0n) is 17.6. The van der Waals surface area contributed by atoms with Crippen LogP contribution in [-0.2, 0) is 11.8 Å². The Morgan fingerprint density at radius 1 is 0.714 bits per heavy atom. The molecule has 0 heterocycles. The minimum Gasteiger partial charge on any atom is -0.0622 e. The summed E-state index contributed by atoms with van der Waals surface area (Å²) in [6, 6.07) is 33.0. The number of hydrogen-bond acceptors (Lipinski definition) is 0. The van der Waals surface area contributed by atoms with Gasteiger partial charge in [0.2, 0.25) is 0 Å². The second-order valence-electron chi connectivity index (χ2n) is 8.79. The first kappa shape index (κ1) is 20.4. The van der Waals surface area contributed by atoms with Gasteiger partial charge in [-0.3, -0.25) is 0 Å². The molecule has 0 saturated heterocycles. The van der Waals surface area contributed by atoms with E-state index in [1.165, 1.54) is 42.4 Å². The highest BCUT2D eigenvalue weighted by Gasteiger charge is 2.28. The molecule has 3 aromatic carbocycles. The van der Waals surface area contributed by atoms with Gasteiger partial charge in [-0.15, -0.1) is 0 Å². The van der Waals surface area contributed by atoms with Crippen molar-refractivity contribution >= 4 is 0 Å². The lowest BCUT2D eigenvalue weighted by molar-refractivity contribution is 0.300. The van der Waals surface area contributed by atoms with Gasteiger partial charge in [-0.05, 0) is 59.6 Å². The lowest BCUT2D eigenvalue weighted by atomic mass is 9.71. The summed E-state index contributed by atoms with van der Waals surface area (Å²) in [5.41, 5.74) is 4.55. The van der Waals surface area contributed by atoms with Crippen molar-refractivity contribution in [2.75, 3.05) is 0 Å². The lowest BCUT2D eigenvalue weighted by Crippen LogP contribution is -2.25. The molecule has 0 radical (unpaired) electrons. The van der Waals surface area contributed by atoms with Crippen molar-refractivity contribution in [1.82, 2.24) is 0 Å². The minimum absolute atomic E-state index is 0.182. The Balaban J connectivity index is 1.73. The zero-order chi connectivity index (χ0) is 19.8. The van der Waals surface area contributed by atoms with Crippen LogP contribution in [0, 0.1) is 5.92 Å². The Hall–Kier alpha value is -2.34. The van der Waals surface area contributed by atoms with Gasteiger partial charge in [-0.1, -0.05) is 112 Å². The Morgan fingerprint density at radius 3 is 1.86 bits per heavy atom.